The Morgan fingerprint density at radius 1 is 0.935 bits per heavy atom. The molecule has 3 aromatic carbocycles. The number of halogens is 3. The van der Waals surface area contributed by atoms with Gasteiger partial charge >= 0.3 is 6.18 Å². The number of fused-ring (bicyclic) bond motifs is 1. The summed E-state index contributed by atoms with van der Waals surface area (Å²) in [6.07, 6.45) is -1.24. The number of rotatable bonds is 8. The third kappa shape index (κ3) is 6.42. The quantitative estimate of drug-likeness (QED) is 0.126. The van der Waals surface area contributed by atoms with Gasteiger partial charge in [-0.2, -0.15) is 13.2 Å². The van der Waals surface area contributed by atoms with Gasteiger partial charge in [0.2, 0.25) is 0 Å². The van der Waals surface area contributed by atoms with Crippen LogP contribution in [-0.4, -0.2) is 23.8 Å². The van der Waals surface area contributed by atoms with Crippen LogP contribution < -0.4 is 15.8 Å². The fourth-order valence-corrected chi connectivity index (χ4v) is 6.44. The number of carbonyl (C=O) groups excluding carboxylic acids is 2. The van der Waals surface area contributed by atoms with Gasteiger partial charge in [-0.05, 0) is 101 Å². The van der Waals surface area contributed by atoms with E-state index in [0.717, 1.165) is 33.9 Å². The Morgan fingerprint density at radius 2 is 1.63 bits per heavy atom. The number of carbonyl (C=O) groups is 2. The first-order valence-electron chi connectivity index (χ1n) is 13.8. The van der Waals surface area contributed by atoms with E-state index in [-0.39, 0.29) is 16.3 Å². The van der Waals surface area contributed by atoms with Crippen LogP contribution in [0.4, 0.5) is 24.5 Å². The monoisotopic (exact) mass is 655 g/mol. The van der Waals surface area contributed by atoms with Crippen molar-refractivity contribution < 1.29 is 27.5 Å². The molecule has 11 heteroatoms. The maximum absolute atomic E-state index is 13.5. The zero-order chi connectivity index (χ0) is 32.4. The molecule has 0 aliphatic rings. The fourth-order valence-electron chi connectivity index (χ4n) is 4.81. The molecular formula is C35H24F3N3O3S2. The van der Waals surface area contributed by atoms with Gasteiger partial charge in [0.25, 0.3) is 5.91 Å². The van der Waals surface area contributed by atoms with Crippen LogP contribution in [-0.2, 0) is 6.18 Å². The van der Waals surface area contributed by atoms with E-state index < -0.39 is 17.6 Å². The molecule has 46 heavy (non-hydrogen) atoms. The summed E-state index contributed by atoms with van der Waals surface area (Å²) in [5.41, 5.74) is 9.17. The Balaban J connectivity index is 1.33. The van der Waals surface area contributed by atoms with Crippen LogP contribution in [0.25, 0.3) is 38.7 Å². The number of aromatic nitrogens is 1. The van der Waals surface area contributed by atoms with Gasteiger partial charge in [0, 0.05) is 27.1 Å². The molecule has 0 aliphatic heterocycles. The number of amides is 1. The fraction of sp³-hybridized carbons (Fsp3) is 0.0571. The van der Waals surface area contributed by atoms with Crippen molar-refractivity contribution in [2.24, 2.45) is 0 Å². The highest BCUT2D eigenvalue weighted by molar-refractivity contribution is 7.21. The zero-order valence-corrected chi connectivity index (χ0v) is 25.7. The molecule has 0 spiro atoms. The van der Waals surface area contributed by atoms with Crippen molar-refractivity contribution in [2.75, 3.05) is 18.2 Å². The number of thiophene rings is 2. The summed E-state index contributed by atoms with van der Waals surface area (Å²) in [5.74, 6) is -0.00421. The van der Waals surface area contributed by atoms with E-state index in [4.69, 9.17) is 15.5 Å². The lowest BCUT2D eigenvalue weighted by atomic mass is 9.98. The molecule has 0 atom stereocenters. The molecule has 3 aromatic heterocycles. The van der Waals surface area contributed by atoms with Crippen molar-refractivity contribution in [3.05, 3.63) is 123 Å². The van der Waals surface area contributed by atoms with Gasteiger partial charge in [0.15, 0.2) is 5.78 Å². The summed E-state index contributed by atoms with van der Waals surface area (Å²) in [4.78, 5) is 32.4. The summed E-state index contributed by atoms with van der Waals surface area (Å²) in [6, 6.07) is 24.0. The van der Waals surface area contributed by atoms with Gasteiger partial charge < -0.3 is 15.8 Å². The van der Waals surface area contributed by atoms with Crippen LogP contribution in [0.5, 0.6) is 5.75 Å². The van der Waals surface area contributed by atoms with Crippen molar-refractivity contribution in [3.63, 3.8) is 0 Å². The number of ketones is 1. The van der Waals surface area contributed by atoms with Gasteiger partial charge in [0.05, 0.1) is 24.1 Å². The number of alkyl halides is 3. The maximum Gasteiger partial charge on any atom is 0.416 e. The maximum atomic E-state index is 13.5. The Kier molecular flexibility index (Phi) is 8.44. The zero-order valence-electron chi connectivity index (χ0n) is 24.1. The normalized spacial score (nSPS) is 11.7. The highest BCUT2D eigenvalue weighted by Crippen LogP contribution is 2.42. The lowest BCUT2D eigenvalue weighted by Crippen LogP contribution is -2.12. The van der Waals surface area contributed by atoms with E-state index in [1.807, 2.05) is 29.6 Å². The predicted molar refractivity (Wildman–Crippen MR) is 179 cm³/mol. The smallest absolute Gasteiger partial charge is 0.416 e. The van der Waals surface area contributed by atoms with Gasteiger partial charge in [0.1, 0.15) is 15.5 Å². The molecule has 0 unspecified atom stereocenters. The first-order valence-corrected chi connectivity index (χ1v) is 15.5. The number of ether oxygens (including phenoxy) is 1. The second-order valence-corrected chi connectivity index (χ2v) is 12.1. The number of allylic oxidation sites excluding steroid dienone is 1. The number of hydrogen-bond acceptors (Lipinski definition) is 7. The molecule has 1 amide bonds. The lowest BCUT2D eigenvalue weighted by Gasteiger charge is -2.11. The average Bonchev–Trinajstić information content (AvgIpc) is 3.71. The Morgan fingerprint density at radius 3 is 2.26 bits per heavy atom. The third-order valence-electron chi connectivity index (χ3n) is 7.18. The minimum Gasteiger partial charge on any atom is -0.497 e. The van der Waals surface area contributed by atoms with Crippen molar-refractivity contribution in [1.82, 2.24) is 4.98 Å². The topological polar surface area (TPSA) is 94.3 Å². The lowest BCUT2D eigenvalue weighted by molar-refractivity contribution is -0.137. The number of nitrogen functional groups attached to an aromatic ring is 1. The Hall–Kier alpha value is -5.26. The number of nitrogens with zero attached hydrogens (tertiary/aromatic N) is 1. The van der Waals surface area contributed by atoms with Gasteiger partial charge in [-0.15, -0.1) is 22.7 Å². The number of benzene rings is 3. The minimum absolute atomic E-state index is 0.159. The summed E-state index contributed by atoms with van der Waals surface area (Å²) < 4.78 is 45.2. The van der Waals surface area contributed by atoms with Crippen LogP contribution in [0.1, 0.15) is 30.5 Å². The number of methoxy groups -OCH3 is 1. The summed E-state index contributed by atoms with van der Waals surface area (Å²) in [6.45, 7) is 0. The molecule has 230 valence electrons. The standard InChI is InChI=1S/C35H24F3N3O3S2/c1-44-25-14-8-21(9-15-25)28-19-27(20-4-10-23(11-5-20)35(36,37)38)30-31(39)32(46-34(30)41-28)33(43)40-24-12-6-22(7-13-24)29(42)17-16-26-3-2-18-45-26/h2-19H,39H2,1H3,(H,40,43)/b17-16+. The predicted octanol–water partition coefficient (Wildman–Crippen LogP) is 9.45. The Labute approximate surface area is 269 Å². The van der Waals surface area contributed by atoms with Crippen molar-refractivity contribution in [3.8, 4) is 28.1 Å². The minimum atomic E-state index is -4.49. The van der Waals surface area contributed by atoms with Gasteiger partial charge in [-0.25, -0.2) is 4.98 Å². The average molecular weight is 656 g/mol. The van der Waals surface area contributed by atoms with Crippen LogP contribution in [0.3, 0.4) is 0 Å². The summed E-state index contributed by atoms with van der Waals surface area (Å²) in [5, 5.41) is 5.21. The number of nitrogens with one attached hydrogen (secondary N) is 1. The first-order chi connectivity index (χ1) is 22.1. The number of hydrogen-bond donors (Lipinski definition) is 2. The van der Waals surface area contributed by atoms with E-state index in [2.05, 4.69) is 5.32 Å². The van der Waals surface area contributed by atoms with Crippen LogP contribution in [0, 0.1) is 0 Å². The van der Waals surface area contributed by atoms with Crippen LogP contribution in [0.2, 0.25) is 0 Å². The number of pyridine rings is 1. The molecule has 0 bridgehead atoms. The molecule has 0 saturated heterocycles. The molecule has 6 rings (SSSR count). The second kappa shape index (κ2) is 12.6. The first kappa shape index (κ1) is 30.8. The molecule has 3 heterocycles. The molecule has 6 aromatic rings. The van der Waals surface area contributed by atoms with E-state index in [1.54, 1.807) is 55.7 Å². The van der Waals surface area contributed by atoms with Crippen LogP contribution in [0.15, 0.2) is 102 Å². The summed E-state index contributed by atoms with van der Waals surface area (Å²) >= 11 is 2.61. The SMILES string of the molecule is COc1ccc(-c2cc(-c3ccc(C(F)(F)F)cc3)c3c(N)c(C(=O)Nc4ccc(C(=O)/C=C/c5cccs5)cc4)sc3n2)cc1. The number of nitrogens with two attached hydrogens (primary N) is 1. The van der Waals surface area contributed by atoms with E-state index in [0.29, 0.717) is 44.0 Å². The molecule has 6 nitrogen and oxygen atoms in total. The summed E-state index contributed by atoms with van der Waals surface area (Å²) in [7, 11) is 1.56. The van der Waals surface area contributed by atoms with E-state index in [1.165, 1.54) is 29.5 Å². The highest BCUT2D eigenvalue weighted by Gasteiger charge is 2.30. The van der Waals surface area contributed by atoms with Crippen molar-refractivity contribution in [1.29, 1.82) is 0 Å². The molecule has 3 N–H and O–H groups in total. The second-order valence-electron chi connectivity index (χ2n) is 10.1. The molecule has 0 saturated carbocycles. The highest BCUT2D eigenvalue weighted by atomic mass is 32.1. The van der Waals surface area contributed by atoms with Gasteiger partial charge in [-0.3, -0.25) is 9.59 Å². The molecule has 0 aliphatic carbocycles. The number of anilines is 2. The van der Waals surface area contributed by atoms with Crippen LogP contribution >= 0.6 is 22.7 Å². The van der Waals surface area contributed by atoms with E-state index >= 15 is 0 Å². The Bertz CT molecular complexity index is 2070. The van der Waals surface area contributed by atoms with E-state index in [9.17, 15) is 22.8 Å². The van der Waals surface area contributed by atoms with Gasteiger partial charge in [-0.1, -0.05) is 18.2 Å². The molecule has 0 radical (unpaired) electrons. The van der Waals surface area contributed by atoms with Crippen molar-refractivity contribution >= 4 is 62.0 Å². The largest absolute Gasteiger partial charge is 0.497 e. The van der Waals surface area contributed by atoms with Crippen molar-refractivity contribution in [2.45, 2.75) is 6.18 Å². The molecule has 0 fully saturated rings. The molecular weight excluding hydrogens is 632 g/mol. The third-order valence-corrected chi connectivity index (χ3v) is 9.12.